The lowest BCUT2D eigenvalue weighted by Crippen LogP contribution is -2.09. The lowest BCUT2D eigenvalue weighted by atomic mass is 10.0. The van der Waals surface area contributed by atoms with Crippen LogP contribution < -0.4 is 5.59 Å². The van der Waals surface area contributed by atoms with Gasteiger partial charge in [-0.15, -0.1) is 0 Å². The summed E-state index contributed by atoms with van der Waals surface area (Å²) in [6, 6.07) is 3.08. The van der Waals surface area contributed by atoms with Crippen LogP contribution >= 0.6 is 0 Å². The molecule has 3 heteroatoms. The van der Waals surface area contributed by atoms with Gasteiger partial charge in [0.1, 0.15) is 5.82 Å². The molecule has 0 amide bonds. The maximum atomic E-state index is 12.4. The monoisotopic (exact) mass is 123 g/mol. The molecule has 0 aromatic carbocycles. The van der Waals surface area contributed by atoms with Crippen LogP contribution in [0.25, 0.3) is 0 Å². The second kappa shape index (κ2) is 2.17. The van der Waals surface area contributed by atoms with E-state index in [1.807, 2.05) is 7.85 Å². The number of halogens is 1. The number of aromatic nitrogens is 1. The number of pyridine rings is 1. The van der Waals surface area contributed by atoms with Crippen molar-refractivity contribution in [3.05, 3.63) is 23.6 Å². The molecule has 0 saturated heterocycles. The average molecular weight is 123 g/mol. The molecule has 0 unspecified atom stereocenters. The van der Waals surface area contributed by atoms with Crippen LogP contribution in [0.5, 0.6) is 0 Å². The van der Waals surface area contributed by atoms with Gasteiger partial charge in [-0.2, -0.15) is 0 Å². The van der Waals surface area contributed by atoms with Crippen molar-refractivity contribution in [3.63, 3.8) is 0 Å². The van der Waals surface area contributed by atoms with Gasteiger partial charge in [0.25, 0.3) is 0 Å². The van der Waals surface area contributed by atoms with Crippen molar-refractivity contribution in [2.24, 2.45) is 0 Å². The smallest absolute Gasteiger partial charge is 0.163 e. The molecular weight excluding hydrogens is 116 g/mol. The van der Waals surface area contributed by atoms with Crippen LogP contribution in [0, 0.1) is 12.7 Å². The van der Waals surface area contributed by atoms with Gasteiger partial charge in [-0.1, -0.05) is 0 Å². The Hall–Kier alpha value is -0.855. The second-order valence-corrected chi connectivity index (χ2v) is 2.02. The molecule has 1 aromatic heterocycles. The third-order valence-electron chi connectivity index (χ3n) is 1.16. The molecule has 1 rings (SSSR count). The third-order valence-corrected chi connectivity index (χ3v) is 1.16. The summed E-state index contributed by atoms with van der Waals surface area (Å²) in [6.07, 6.45) is 0. The topological polar surface area (TPSA) is 12.9 Å². The number of hydrogen-bond donors (Lipinski definition) is 0. The summed E-state index contributed by atoms with van der Waals surface area (Å²) in [5.41, 5.74) is 1.32. The Bertz CT molecular complexity index is 224. The first kappa shape index (κ1) is 6.27. The molecular formula is C6H7BFN. The van der Waals surface area contributed by atoms with Crippen molar-refractivity contribution in [1.82, 2.24) is 4.98 Å². The molecule has 0 radical (unpaired) electrons. The first-order chi connectivity index (χ1) is 4.20. The molecule has 0 fully saturated rings. The molecule has 1 aromatic rings. The van der Waals surface area contributed by atoms with Gasteiger partial charge in [0, 0.05) is 0 Å². The maximum absolute atomic E-state index is 12.4. The van der Waals surface area contributed by atoms with Gasteiger partial charge < -0.3 is 0 Å². The zero-order valence-corrected chi connectivity index (χ0v) is 5.48. The molecule has 0 aliphatic heterocycles. The van der Waals surface area contributed by atoms with E-state index in [-0.39, 0.29) is 5.82 Å². The minimum absolute atomic E-state index is 0.236. The summed E-state index contributed by atoms with van der Waals surface area (Å²) in [5.74, 6) is -0.236. The van der Waals surface area contributed by atoms with E-state index in [2.05, 4.69) is 4.98 Å². The van der Waals surface area contributed by atoms with Crippen LogP contribution in [0.15, 0.2) is 12.1 Å². The Labute approximate surface area is 54.3 Å². The average Bonchev–Trinajstić information content (AvgIpc) is 1.80. The number of rotatable bonds is 0. The van der Waals surface area contributed by atoms with E-state index in [0.717, 1.165) is 5.59 Å². The van der Waals surface area contributed by atoms with Gasteiger partial charge >= 0.3 is 0 Å². The highest BCUT2D eigenvalue weighted by atomic mass is 19.1. The normalized spacial score (nSPS) is 9.56. The van der Waals surface area contributed by atoms with Crippen molar-refractivity contribution in [3.8, 4) is 0 Å². The highest BCUT2D eigenvalue weighted by Crippen LogP contribution is 1.96. The van der Waals surface area contributed by atoms with E-state index in [4.69, 9.17) is 0 Å². The fourth-order valence-corrected chi connectivity index (χ4v) is 0.670. The first-order valence-corrected chi connectivity index (χ1v) is 2.80. The molecule has 0 atom stereocenters. The molecule has 0 aliphatic carbocycles. The van der Waals surface area contributed by atoms with Crippen molar-refractivity contribution in [1.29, 1.82) is 0 Å². The lowest BCUT2D eigenvalue weighted by molar-refractivity contribution is 0.611. The zero-order chi connectivity index (χ0) is 6.85. The Balaban J connectivity index is 3.17. The summed E-state index contributed by atoms with van der Waals surface area (Å²) in [7, 11) is 1.84. The van der Waals surface area contributed by atoms with Crippen LogP contribution in [-0.4, -0.2) is 12.8 Å². The van der Waals surface area contributed by atoms with Crippen LogP contribution in [0.4, 0.5) is 4.39 Å². The predicted molar refractivity (Wildman–Crippen MR) is 37.1 cm³/mol. The van der Waals surface area contributed by atoms with Crippen LogP contribution in [0.2, 0.25) is 0 Å². The maximum Gasteiger partial charge on any atom is 0.163 e. The largest absolute Gasteiger partial charge is 0.266 e. The summed E-state index contributed by atoms with van der Waals surface area (Å²) >= 11 is 0. The lowest BCUT2D eigenvalue weighted by Gasteiger charge is -1.94. The molecule has 9 heavy (non-hydrogen) atoms. The molecule has 0 aliphatic rings. The van der Waals surface area contributed by atoms with Gasteiger partial charge in [0.05, 0.1) is 5.69 Å². The number of hydrogen-bond acceptors (Lipinski definition) is 1. The molecule has 46 valence electrons. The summed E-state index contributed by atoms with van der Waals surface area (Å²) in [6.45, 7) is 1.66. The standard InChI is InChI=1S/C6H7BFN/c1-4-5(8)2-3-6(7)9-4/h2-3H,7H2,1H3. The minimum atomic E-state index is -0.236. The fraction of sp³-hybridized carbons (Fsp3) is 0.167. The van der Waals surface area contributed by atoms with Crippen LogP contribution in [0.1, 0.15) is 5.69 Å². The highest BCUT2D eigenvalue weighted by molar-refractivity contribution is 6.30. The fourth-order valence-electron chi connectivity index (χ4n) is 0.670. The van der Waals surface area contributed by atoms with Gasteiger partial charge in [0.15, 0.2) is 7.85 Å². The van der Waals surface area contributed by atoms with E-state index >= 15 is 0 Å². The van der Waals surface area contributed by atoms with Gasteiger partial charge in [-0.25, -0.2) is 4.39 Å². The van der Waals surface area contributed by atoms with Crippen LogP contribution in [0.3, 0.4) is 0 Å². The minimum Gasteiger partial charge on any atom is -0.266 e. The Kier molecular flexibility index (Phi) is 1.51. The van der Waals surface area contributed by atoms with Crippen molar-refractivity contribution in [2.45, 2.75) is 6.92 Å². The highest BCUT2D eigenvalue weighted by Gasteiger charge is 1.94. The van der Waals surface area contributed by atoms with Crippen molar-refractivity contribution in [2.75, 3.05) is 0 Å². The Morgan fingerprint density at radius 2 is 2.22 bits per heavy atom. The SMILES string of the molecule is Bc1ccc(F)c(C)n1. The molecule has 0 spiro atoms. The Morgan fingerprint density at radius 3 is 2.67 bits per heavy atom. The van der Waals surface area contributed by atoms with Crippen molar-refractivity contribution < 1.29 is 4.39 Å². The molecule has 0 saturated carbocycles. The molecule has 1 nitrogen and oxygen atoms in total. The predicted octanol–water partition coefficient (Wildman–Crippen LogP) is -0.212. The number of nitrogens with zero attached hydrogens (tertiary/aromatic N) is 1. The van der Waals surface area contributed by atoms with Gasteiger partial charge in [0.2, 0.25) is 0 Å². The quantitative estimate of drug-likeness (QED) is 0.435. The summed E-state index contributed by atoms with van der Waals surface area (Å²) in [5, 5.41) is 0. The third kappa shape index (κ3) is 1.28. The molecule has 0 N–H and O–H groups in total. The van der Waals surface area contributed by atoms with E-state index in [1.54, 1.807) is 13.0 Å². The van der Waals surface area contributed by atoms with Gasteiger partial charge in [-0.05, 0) is 24.6 Å². The zero-order valence-electron chi connectivity index (χ0n) is 5.48. The van der Waals surface area contributed by atoms with E-state index in [1.165, 1.54) is 6.07 Å². The molecule has 0 bridgehead atoms. The second-order valence-electron chi connectivity index (χ2n) is 2.02. The number of aryl methyl sites for hydroxylation is 1. The van der Waals surface area contributed by atoms with E-state index < -0.39 is 0 Å². The molecule has 1 heterocycles. The van der Waals surface area contributed by atoms with Gasteiger partial charge in [-0.3, -0.25) is 4.98 Å². The Morgan fingerprint density at radius 1 is 1.56 bits per heavy atom. The van der Waals surface area contributed by atoms with Crippen LogP contribution in [-0.2, 0) is 0 Å². The first-order valence-electron chi connectivity index (χ1n) is 2.80. The summed E-state index contributed by atoms with van der Waals surface area (Å²) < 4.78 is 12.4. The van der Waals surface area contributed by atoms with E-state index in [0.29, 0.717) is 5.69 Å². The van der Waals surface area contributed by atoms with E-state index in [9.17, 15) is 4.39 Å². The van der Waals surface area contributed by atoms with Crippen molar-refractivity contribution >= 4 is 13.4 Å². The summed E-state index contributed by atoms with van der Waals surface area (Å²) in [4.78, 5) is 3.90.